The number of para-hydroxylation sites is 1. The van der Waals surface area contributed by atoms with Crippen LogP contribution in [0.5, 0.6) is 0 Å². The van der Waals surface area contributed by atoms with Gasteiger partial charge in [-0.15, -0.1) is 16.4 Å². The van der Waals surface area contributed by atoms with E-state index in [1.54, 1.807) is 4.68 Å². The van der Waals surface area contributed by atoms with Crippen LogP contribution in [0.1, 0.15) is 24.0 Å². The molecule has 2 N–H and O–H groups in total. The summed E-state index contributed by atoms with van der Waals surface area (Å²) < 4.78 is 1.64. The largest absolute Gasteiger partial charge is 0.355 e. The van der Waals surface area contributed by atoms with Crippen molar-refractivity contribution in [3.8, 4) is 16.4 Å². The van der Waals surface area contributed by atoms with Gasteiger partial charge in [0.05, 0.1) is 17.1 Å². The van der Waals surface area contributed by atoms with Gasteiger partial charge >= 0.3 is 0 Å². The monoisotopic (exact) mass is 369 g/mol. The minimum atomic E-state index is -0.482. The molecule has 1 aromatic carbocycles. The van der Waals surface area contributed by atoms with Crippen LogP contribution in [0.4, 0.5) is 0 Å². The summed E-state index contributed by atoms with van der Waals surface area (Å²) in [5.41, 5.74) is 0.808. The summed E-state index contributed by atoms with van der Waals surface area (Å²) in [6.07, 6.45) is 0.840. The van der Waals surface area contributed by atoms with E-state index in [9.17, 15) is 9.59 Å². The molecule has 0 atom stereocenters. The number of carbonyl (C=O) groups is 2. The lowest BCUT2D eigenvalue weighted by Gasteiger charge is -2.04. The second kappa shape index (κ2) is 8.39. The van der Waals surface area contributed by atoms with Crippen molar-refractivity contribution in [2.75, 3.05) is 13.1 Å². The molecule has 7 nitrogen and oxygen atoms in total. The molecule has 2 aromatic heterocycles. The maximum atomic E-state index is 12.4. The summed E-state index contributed by atoms with van der Waals surface area (Å²) in [4.78, 5) is 29.3. The van der Waals surface area contributed by atoms with Gasteiger partial charge < -0.3 is 10.6 Å². The lowest BCUT2D eigenvalue weighted by molar-refractivity contribution is -0.120. The Hall–Kier alpha value is -3.00. The zero-order valence-electron chi connectivity index (χ0n) is 14.3. The van der Waals surface area contributed by atoms with Gasteiger partial charge in [0.1, 0.15) is 0 Å². The van der Waals surface area contributed by atoms with E-state index < -0.39 is 5.91 Å². The van der Waals surface area contributed by atoms with Crippen LogP contribution in [-0.4, -0.2) is 39.7 Å². The number of nitrogens with zero attached hydrogens (tertiary/aromatic N) is 3. The lowest BCUT2D eigenvalue weighted by Crippen LogP contribution is -2.37. The molecule has 0 aliphatic carbocycles. The predicted octanol–water partition coefficient (Wildman–Crippen LogP) is 2.25. The molecule has 2 amide bonds. The maximum Gasteiger partial charge on any atom is 0.291 e. The number of hydrogen-bond donors (Lipinski definition) is 2. The van der Waals surface area contributed by atoms with Crippen molar-refractivity contribution >= 4 is 23.2 Å². The highest BCUT2D eigenvalue weighted by atomic mass is 32.1. The van der Waals surface area contributed by atoms with Gasteiger partial charge in [0.2, 0.25) is 11.7 Å². The van der Waals surface area contributed by atoms with E-state index in [1.165, 1.54) is 11.3 Å². The van der Waals surface area contributed by atoms with Crippen molar-refractivity contribution in [1.29, 1.82) is 0 Å². The Bertz CT molecular complexity index is 874. The van der Waals surface area contributed by atoms with E-state index in [0.29, 0.717) is 12.4 Å². The van der Waals surface area contributed by atoms with Crippen LogP contribution in [0, 0.1) is 0 Å². The summed E-state index contributed by atoms with van der Waals surface area (Å²) in [5.74, 6) is -0.0994. The van der Waals surface area contributed by atoms with Crippen LogP contribution in [0.25, 0.3) is 16.4 Å². The molecular weight excluding hydrogens is 350 g/mol. The number of nitrogens with one attached hydrogen (secondary N) is 2. The second-order valence-corrected chi connectivity index (χ2v) is 6.46. The lowest BCUT2D eigenvalue weighted by atomic mass is 10.3. The Morgan fingerprint density at radius 2 is 1.92 bits per heavy atom. The molecule has 0 radical (unpaired) electrons. The number of aromatic nitrogens is 3. The quantitative estimate of drug-likeness (QED) is 0.668. The zero-order valence-corrected chi connectivity index (χ0v) is 15.1. The number of hydrogen-bond acceptors (Lipinski definition) is 5. The summed E-state index contributed by atoms with van der Waals surface area (Å²) in [6, 6.07) is 13.3. The van der Waals surface area contributed by atoms with Gasteiger partial charge in [0, 0.05) is 6.54 Å². The number of carbonyl (C=O) groups excluding carboxylic acids is 2. The summed E-state index contributed by atoms with van der Waals surface area (Å²) in [7, 11) is 0. The van der Waals surface area contributed by atoms with E-state index in [4.69, 9.17) is 0 Å². The topological polar surface area (TPSA) is 88.9 Å². The normalized spacial score (nSPS) is 10.5. The molecule has 134 valence electrons. The Morgan fingerprint density at radius 3 is 2.62 bits per heavy atom. The third-order valence-corrected chi connectivity index (χ3v) is 4.40. The molecule has 3 aromatic rings. The molecule has 26 heavy (non-hydrogen) atoms. The van der Waals surface area contributed by atoms with Gasteiger partial charge in [-0.05, 0) is 30.0 Å². The Balaban J connectivity index is 1.82. The molecular formula is C18H19N5O2S. The predicted molar refractivity (Wildman–Crippen MR) is 100 cm³/mol. The average molecular weight is 369 g/mol. The van der Waals surface area contributed by atoms with E-state index in [0.717, 1.165) is 17.0 Å². The second-order valence-electron chi connectivity index (χ2n) is 5.52. The fourth-order valence-corrected chi connectivity index (χ4v) is 2.99. The molecule has 0 bridgehead atoms. The molecule has 8 heteroatoms. The van der Waals surface area contributed by atoms with Crippen LogP contribution in [-0.2, 0) is 4.79 Å². The fourth-order valence-electron chi connectivity index (χ4n) is 2.29. The van der Waals surface area contributed by atoms with Gasteiger partial charge in [-0.25, -0.2) is 9.67 Å². The first-order chi connectivity index (χ1) is 12.7. The molecule has 0 unspecified atom stereocenters. The van der Waals surface area contributed by atoms with Crippen LogP contribution in [0.2, 0.25) is 0 Å². The first-order valence-electron chi connectivity index (χ1n) is 8.30. The van der Waals surface area contributed by atoms with Crippen molar-refractivity contribution in [3.05, 3.63) is 53.7 Å². The van der Waals surface area contributed by atoms with E-state index >= 15 is 0 Å². The van der Waals surface area contributed by atoms with Gasteiger partial charge in [-0.3, -0.25) is 9.59 Å². The van der Waals surface area contributed by atoms with Crippen LogP contribution in [0.15, 0.2) is 47.8 Å². The highest BCUT2D eigenvalue weighted by Gasteiger charge is 2.19. The minimum Gasteiger partial charge on any atom is -0.355 e. The Morgan fingerprint density at radius 1 is 1.12 bits per heavy atom. The molecule has 0 fully saturated rings. The Kier molecular flexibility index (Phi) is 5.75. The fraction of sp³-hybridized carbons (Fsp3) is 0.222. The van der Waals surface area contributed by atoms with Gasteiger partial charge in [0.15, 0.2) is 5.82 Å². The van der Waals surface area contributed by atoms with Crippen LogP contribution in [0.3, 0.4) is 0 Å². The van der Waals surface area contributed by atoms with E-state index in [-0.39, 0.29) is 18.3 Å². The van der Waals surface area contributed by atoms with E-state index in [2.05, 4.69) is 20.7 Å². The van der Waals surface area contributed by atoms with E-state index in [1.807, 2.05) is 54.8 Å². The smallest absolute Gasteiger partial charge is 0.291 e. The number of benzene rings is 1. The van der Waals surface area contributed by atoms with Crippen molar-refractivity contribution in [2.45, 2.75) is 13.3 Å². The molecule has 0 aliphatic rings. The highest BCUT2D eigenvalue weighted by Crippen LogP contribution is 2.25. The average Bonchev–Trinajstić information content (AvgIpc) is 3.34. The summed E-state index contributed by atoms with van der Waals surface area (Å²) >= 11 is 1.52. The summed E-state index contributed by atoms with van der Waals surface area (Å²) in [5, 5.41) is 11.6. The number of amides is 2. The molecule has 0 saturated heterocycles. The maximum absolute atomic E-state index is 12.4. The SMILES string of the molecule is CCCNC(=O)CNC(=O)c1nc(-c2cccs2)n(-c2ccccc2)n1. The third-order valence-electron chi connectivity index (χ3n) is 3.53. The highest BCUT2D eigenvalue weighted by molar-refractivity contribution is 7.13. The molecule has 2 heterocycles. The van der Waals surface area contributed by atoms with Gasteiger partial charge in [0.25, 0.3) is 5.91 Å². The van der Waals surface area contributed by atoms with Crippen molar-refractivity contribution in [3.63, 3.8) is 0 Å². The molecule has 0 saturated carbocycles. The minimum absolute atomic E-state index is 0.0283. The molecule has 3 rings (SSSR count). The van der Waals surface area contributed by atoms with Crippen molar-refractivity contribution < 1.29 is 9.59 Å². The van der Waals surface area contributed by atoms with Gasteiger partial charge in [-0.2, -0.15) is 0 Å². The number of thiophene rings is 1. The van der Waals surface area contributed by atoms with Gasteiger partial charge in [-0.1, -0.05) is 31.2 Å². The molecule has 0 spiro atoms. The van der Waals surface area contributed by atoms with Crippen molar-refractivity contribution in [1.82, 2.24) is 25.4 Å². The first-order valence-corrected chi connectivity index (χ1v) is 9.18. The third kappa shape index (κ3) is 4.15. The van der Waals surface area contributed by atoms with Crippen LogP contribution >= 0.6 is 11.3 Å². The first kappa shape index (κ1) is 17.8. The number of rotatable bonds is 7. The summed E-state index contributed by atoms with van der Waals surface area (Å²) in [6.45, 7) is 2.44. The zero-order chi connectivity index (χ0) is 18.4. The molecule has 0 aliphatic heterocycles. The standard InChI is InChI=1S/C18H19N5O2S/c1-2-10-19-15(24)12-20-18(25)16-21-17(14-9-6-11-26-14)23(22-16)13-7-4-3-5-8-13/h3-9,11H,2,10,12H2,1H3,(H,19,24)(H,20,25). The van der Waals surface area contributed by atoms with Crippen LogP contribution < -0.4 is 10.6 Å². The Labute approximate surface area is 155 Å². The van der Waals surface area contributed by atoms with Crippen molar-refractivity contribution in [2.24, 2.45) is 0 Å².